The number of nitrogen functional groups attached to an aromatic ring is 1. The van der Waals surface area contributed by atoms with Gasteiger partial charge in [-0.25, -0.2) is 15.0 Å². The number of fused-ring (bicyclic) bond motifs is 2. The Morgan fingerprint density at radius 1 is 1.15 bits per heavy atom. The third kappa shape index (κ3) is 1.57. The van der Waals surface area contributed by atoms with Gasteiger partial charge in [-0.1, -0.05) is 0 Å². The van der Waals surface area contributed by atoms with E-state index < -0.39 is 0 Å². The predicted molar refractivity (Wildman–Crippen MR) is 74.8 cm³/mol. The Bertz CT molecular complexity index is 640. The van der Waals surface area contributed by atoms with Crippen molar-refractivity contribution in [2.24, 2.45) is 17.8 Å². The van der Waals surface area contributed by atoms with E-state index in [1.165, 1.54) is 19.2 Å². The Morgan fingerprint density at radius 2 is 2.00 bits per heavy atom. The van der Waals surface area contributed by atoms with Crippen molar-refractivity contribution in [3.8, 4) is 0 Å². The SMILES string of the molecule is Nc1ncnc2c1ncn2C1CCC2C(CO)CCC21. The number of imidazole rings is 1. The minimum Gasteiger partial charge on any atom is -0.396 e. The zero-order valence-corrected chi connectivity index (χ0v) is 11.3. The molecule has 4 atom stereocenters. The Morgan fingerprint density at radius 3 is 2.85 bits per heavy atom. The van der Waals surface area contributed by atoms with Gasteiger partial charge in [0.25, 0.3) is 0 Å². The molecule has 0 amide bonds. The van der Waals surface area contributed by atoms with Crippen molar-refractivity contribution < 1.29 is 5.11 Å². The number of hydrogen-bond acceptors (Lipinski definition) is 5. The topological polar surface area (TPSA) is 89.9 Å². The second kappa shape index (κ2) is 4.41. The van der Waals surface area contributed by atoms with Gasteiger partial charge in [-0.3, -0.25) is 0 Å². The molecule has 2 aliphatic carbocycles. The van der Waals surface area contributed by atoms with Crippen LogP contribution in [0.4, 0.5) is 5.82 Å². The fraction of sp³-hybridized carbons (Fsp3) is 0.643. The highest BCUT2D eigenvalue weighted by Crippen LogP contribution is 2.52. The highest BCUT2D eigenvalue weighted by Gasteiger charge is 2.45. The first-order valence-electron chi connectivity index (χ1n) is 7.33. The third-order valence-electron chi connectivity index (χ3n) is 5.30. The molecule has 6 heteroatoms. The summed E-state index contributed by atoms with van der Waals surface area (Å²) in [7, 11) is 0. The number of aliphatic hydroxyl groups is 1. The zero-order valence-electron chi connectivity index (χ0n) is 11.3. The minimum absolute atomic E-state index is 0.327. The van der Waals surface area contributed by atoms with Crippen LogP contribution in [0, 0.1) is 17.8 Å². The molecule has 0 saturated heterocycles. The molecule has 2 aromatic heterocycles. The summed E-state index contributed by atoms with van der Waals surface area (Å²) in [6.07, 6.45) is 8.04. The Labute approximate surface area is 117 Å². The smallest absolute Gasteiger partial charge is 0.165 e. The van der Waals surface area contributed by atoms with E-state index in [-0.39, 0.29) is 0 Å². The number of rotatable bonds is 2. The van der Waals surface area contributed by atoms with Gasteiger partial charge in [0.1, 0.15) is 11.8 Å². The van der Waals surface area contributed by atoms with Gasteiger partial charge < -0.3 is 15.4 Å². The standard InChI is InChI=1S/C14H19N5O/c15-13-12-14(17-6-16-13)19(7-18-12)11-4-3-9-8(5-20)1-2-10(9)11/h6-11,20H,1-5H2,(H2,15,16,17). The molecule has 20 heavy (non-hydrogen) atoms. The molecule has 4 unspecified atom stereocenters. The highest BCUT2D eigenvalue weighted by atomic mass is 16.3. The van der Waals surface area contributed by atoms with Crippen LogP contribution in [0.1, 0.15) is 31.7 Å². The van der Waals surface area contributed by atoms with Gasteiger partial charge in [0, 0.05) is 12.6 Å². The lowest BCUT2D eigenvalue weighted by molar-refractivity contribution is 0.185. The molecule has 4 rings (SSSR count). The van der Waals surface area contributed by atoms with E-state index in [1.807, 2.05) is 6.33 Å². The molecular weight excluding hydrogens is 254 g/mol. The van der Waals surface area contributed by atoms with Crippen LogP contribution in [-0.4, -0.2) is 31.2 Å². The van der Waals surface area contributed by atoms with E-state index in [2.05, 4.69) is 19.5 Å². The molecule has 2 saturated carbocycles. The predicted octanol–water partition coefficient (Wildman–Crippen LogP) is 1.38. The zero-order chi connectivity index (χ0) is 13.7. The van der Waals surface area contributed by atoms with Crippen LogP contribution in [0.5, 0.6) is 0 Å². The minimum atomic E-state index is 0.327. The highest BCUT2D eigenvalue weighted by molar-refractivity contribution is 5.81. The average molecular weight is 273 g/mol. The quantitative estimate of drug-likeness (QED) is 0.862. The van der Waals surface area contributed by atoms with Gasteiger partial charge in [-0.05, 0) is 43.4 Å². The summed E-state index contributed by atoms with van der Waals surface area (Å²) in [5.41, 5.74) is 7.40. The van der Waals surface area contributed by atoms with Crippen LogP contribution in [0.25, 0.3) is 11.2 Å². The van der Waals surface area contributed by atoms with E-state index in [0.717, 1.165) is 18.5 Å². The van der Waals surface area contributed by atoms with Gasteiger partial charge in [0.2, 0.25) is 0 Å². The maximum absolute atomic E-state index is 9.48. The fourth-order valence-corrected chi connectivity index (χ4v) is 4.37. The summed E-state index contributed by atoms with van der Waals surface area (Å²) in [5.74, 6) is 2.23. The molecule has 2 aromatic rings. The number of aliphatic hydroxyl groups excluding tert-OH is 1. The third-order valence-corrected chi connectivity index (χ3v) is 5.30. The largest absolute Gasteiger partial charge is 0.396 e. The van der Waals surface area contributed by atoms with E-state index in [1.54, 1.807) is 0 Å². The maximum atomic E-state index is 9.48. The normalized spacial score (nSPS) is 32.9. The second-order valence-corrected chi connectivity index (χ2v) is 6.08. The molecule has 2 fully saturated rings. The Balaban J connectivity index is 1.72. The summed E-state index contributed by atoms with van der Waals surface area (Å²) in [5, 5.41) is 9.48. The summed E-state index contributed by atoms with van der Waals surface area (Å²) < 4.78 is 2.18. The summed E-state index contributed by atoms with van der Waals surface area (Å²) >= 11 is 0. The van der Waals surface area contributed by atoms with E-state index >= 15 is 0 Å². The van der Waals surface area contributed by atoms with Crippen LogP contribution < -0.4 is 5.73 Å². The van der Waals surface area contributed by atoms with Crippen molar-refractivity contribution in [3.05, 3.63) is 12.7 Å². The van der Waals surface area contributed by atoms with Crippen LogP contribution in [0.15, 0.2) is 12.7 Å². The lowest BCUT2D eigenvalue weighted by atomic mass is 9.92. The molecule has 2 aliphatic rings. The van der Waals surface area contributed by atoms with Crippen LogP contribution >= 0.6 is 0 Å². The molecule has 6 nitrogen and oxygen atoms in total. The number of aromatic nitrogens is 4. The average Bonchev–Trinajstić information content (AvgIpc) is 3.11. The number of nitrogens with zero attached hydrogens (tertiary/aromatic N) is 4. The van der Waals surface area contributed by atoms with Crippen molar-refractivity contribution in [1.82, 2.24) is 19.5 Å². The fourth-order valence-electron chi connectivity index (χ4n) is 4.37. The van der Waals surface area contributed by atoms with Gasteiger partial charge >= 0.3 is 0 Å². The first kappa shape index (κ1) is 12.1. The van der Waals surface area contributed by atoms with Gasteiger partial charge in [0.15, 0.2) is 11.5 Å². The van der Waals surface area contributed by atoms with E-state index in [0.29, 0.717) is 41.7 Å². The molecule has 106 valence electrons. The van der Waals surface area contributed by atoms with Crippen molar-refractivity contribution in [3.63, 3.8) is 0 Å². The second-order valence-electron chi connectivity index (χ2n) is 6.08. The molecule has 0 aliphatic heterocycles. The first-order valence-corrected chi connectivity index (χ1v) is 7.33. The van der Waals surface area contributed by atoms with Gasteiger partial charge in [-0.15, -0.1) is 0 Å². The summed E-state index contributed by atoms with van der Waals surface area (Å²) in [6.45, 7) is 0.327. The van der Waals surface area contributed by atoms with Gasteiger partial charge in [-0.2, -0.15) is 0 Å². The van der Waals surface area contributed by atoms with Crippen molar-refractivity contribution in [2.45, 2.75) is 31.7 Å². The molecule has 0 radical (unpaired) electrons. The van der Waals surface area contributed by atoms with E-state index in [4.69, 9.17) is 5.73 Å². The van der Waals surface area contributed by atoms with Crippen LogP contribution in [0.3, 0.4) is 0 Å². The summed E-state index contributed by atoms with van der Waals surface area (Å²) in [4.78, 5) is 12.7. The maximum Gasteiger partial charge on any atom is 0.165 e. The van der Waals surface area contributed by atoms with Crippen molar-refractivity contribution in [2.75, 3.05) is 12.3 Å². The lowest BCUT2D eigenvalue weighted by Crippen LogP contribution is -2.17. The number of nitrogens with two attached hydrogens (primary N) is 1. The van der Waals surface area contributed by atoms with Gasteiger partial charge in [0.05, 0.1) is 6.33 Å². The van der Waals surface area contributed by atoms with Crippen LogP contribution in [-0.2, 0) is 0 Å². The van der Waals surface area contributed by atoms with E-state index in [9.17, 15) is 5.11 Å². The molecular formula is C14H19N5O. The molecule has 0 aromatic carbocycles. The summed E-state index contributed by atoms with van der Waals surface area (Å²) in [6, 6.07) is 0.441. The van der Waals surface area contributed by atoms with Crippen molar-refractivity contribution in [1.29, 1.82) is 0 Å². The lowest BCUT2D eigenvalue weighted by Gasteiger charge is -2.21. The monoisotopic (exact) mass is 273 g/mol. The van der Waals surface area contributed by atoms with Crippen molar-refractivity contribution >= 4 is 17.0 Å². The van der Waals surface area contributed by atoms with Crippen LogP contribution in [0.2, 0.25) is 0 Å². The Kier molecular flexibility index (Phi) is 2.66. The Hall–Kier alpha value is -1.69. The molecule has 2 heterocycles. The molecule has 0 bridgehead atoms. The number of hydrogen-bond donors (Lipinski definition) is 2. The first-order chi connectivity index (χ1) is 9.79. The number of anilines is 1. The molecule has 0 spiro atoms. The molecule has 3 N–H and O–H groups in total.